The van der Waals surface area contributed by atoms with Gasteiger partial charge < -0.3 is 10.4 Å². The van der Waals surface area contributed by atoms with E-state index in [2.05, 4.69) is 5.32 Å². The van der Waals surface area contributed by atoms with Gasteiger partial charge in [-0.25, -0.2) is 0 Å². The second-order valence-electron chi connectivity index (χ2n) is 5.39. The Morgan fingerprint density at radius 3 is 2.72 bits per heavy atom. The van der Waals surface area contributed by atoms with E-state index in [0.29, 0.717) is 6.42 Å². The Kier molecular flexibility index (Phi) is 5.50. The first kappa shape index (κ1) is 15.3. The fourth-order valence-corrected chi connectivity index (χ4v) is 3.11. The smallest absolute Gasteiger partial charge is 0.311 e. The predicted octanol–water partition coefficient (Wildman–Crippen LogP) is 2.14. The third-order valence-electron chi connectivity index (χ3n) is 3.88. The number of carboxylic acids is 1. The summed E-state index contributed by atoms with van der Waals surface area (Å²) in [6.45, 7) is 3.63. The molecule has 0 heterocycles. The van der Waals surface area contributed by atoms with Gasteiger partial charge in [-0.3, -0.25) is 9.59 Å². The monoisotopic (exact) mass is 273 g/mol. The standard InChI is InChI=1S/C13H23NO3S/c1-9(8-18-3)11(15)14-10-6-4-5-7-13(10,2)12(16)17/h9-10H,4-8H2,1-3H3,(H,14,15)(H,16,17). The van der Waals surface area contributed by atoms with Gasteiger partial charge >= 0.3 is 5.97 Å². The van der Waals surface area contributed by atoms with Crippen LogP contribution in [0, 0.1) is 11.3 Å². The minimum atomic E-state index is -0.813. The minimum Gasteiger partial charge on any atom is -0.481 e. The highest BCUT2D eigenvalue weighted by atomic mass is 32.2. The number of hydrogen-bond donors (Lipinski definition) is 2. The van der Waals surface area contributed by atoms with Crippen LogP contribution in [0.1, 0.15) is 39.5 Å². The number of aliphatic carboxylic acids is 1. The molecule has 0 aromatic heterocycles. The molecule has 0 aromatic rings. The Balaban J connectivity index is 2.68. The fraction of sp³-hybridized carbons (Fsp3) is 0.846. The lowest BCUT2D eigenvalue weighted by molar-refractivity contribution is -0.152. The molecule has 18 heavy (non-hydrogen) atoms. The number of carboxylic acid groups (broad SMARTS) is 1. The topological polar surface area (TPSA) is 66.4 Å². The van der Waals surface area contributed by atoms with E-state index >= 15 is 0 Å². The van der Waals surface area contributed by atoms with Crippen LogP contribution in [0.3, 0.4) is 0 Å². The summed E-state index contributed by atoms with van der Waals surface area (Å²) < 4.78 is 0. The summed E-state index contributed by atoms with van der Waals surface area (Å²) in [6, 6.07) is -0.236. The molecule has 5 heteroatoms. The number of nitrogens with one attached hydrogen (secondary N) is 1. The first-order chi connectivity index (χ1) is 8.41. The van der Waals surface area contributed by atoms with Crippen LogP contribution in [0.25, 0.3) is 0 Å². The van der Waals surface area contributed by atoms with Crippen LogP contribution in [0.5, 0.6) is 0 Å². The molecule has 3 atom stereocenters. The van der Waals surface area contributed by atoms with E-state index in [1.807, 2.05) is 13.2 Å². The maximum Gasteiger partial charge on any atom is 0.311 e. The number of rotatable bonds is 5. The zero-order valence-electron chi connectivity index (χ0n) is 11.4. The molecule has 0 radical (unpaired) electrons. The highest BCUT2D eigenvalue weighted by molar-refractivity contribution is 7.98. The summed E-state index contributed by atoms with van der Waals surface area (Å²) in [4.78, 5) is 23.4. The van der Waals surface area contributed by atoms with Crippen LogP contribution in [-0.4, -0.2) is 35.0 Å². The molecule has 1 amide bonds. The van der Waals surface area contributed by atoms with Crippen LogP contribution in [-0.2, 0) is 9.59 Å². The lowest BCUT2D eigenvalue weighted by atomic mass is 9.71. The van der Waals surface area contributed by atoms with Gasteiger partial charge in [-0.05, 0) is 26.0 Å². The highest BCUT2D eigenvalue weighted by Gasteiger charge is 2.44. The molecule has 0 aromatic carbocycles. The summed E-state index contributed by atoms with van der Waals surface area (Å²) in [7, 11) is 0. The van der Waals surface area contributed by atoms with Crippen molar-refractivity contribution >= 4 is 23.6 Å². The van der Waals surface area contributed by atoms with Crippen molar-refractivity contribution in [3.05, 3.63) is 0 Å². The Bertz CT molecular complexity index is 321. The van der Waals surface area contributed by atoms with Crippen molar-refractivity contribution in [3.63, 3.8) is 0 Å². The number of amides is 1. The molecule has 4 nitrogen and oxygen atoms in total. The lowest BCUT2D eigenvalue weighted by Gasteiger charge is -2.38. The average molecular weight is 273 g/mol. The maximum absolute atomic E-state index is 12.0. The molecule has 104 valence electrons. The molecule has 1 aliphatic rings. The number of carbonyl (C=O) groups excluding carboxylic acids is 1. The summed E-state index contributed by atoms with van der Waals surface area (Å²) >= 11 is 1.63. The van der Waals surface area contributed by atoms with Crippen molar-refractivity contribution < 1.29 is 14.7 Å². The molecule has 1 rings (SSSR count). The van der Waals surface area contributed by atoms with E-state index in [1.165, 1.54) is 0 Å². The van der Waals surface area contributed by atoms with Gasteiger partial charge in [0.2, 0.25) is 5.91 Å². The summed E-state index contributed by atoms with van der Waals surface area (Å²) in [6.07, 6.45) is 5.29. The molecule has 0 aliphatic heterocycles. The molecule has 2 N–H and O–H groups in total. The Hall–Kier alpha value is -0.710. The van der Waals surface area contributed by atoms with Gasteiger partial charge in [-0.2, -0.15) is 11.8 Å². The highest BCUT2D eigenvalue weighted by Crippen LogP contribution is 2.36. The Labute approximate surface area is 113 Å². The third-order valence-corrected chi connectivity index (χ3v) is 4.71. The molecule has 1 fully saturated rings. The van der Waals surface area contributed by atoms with Crippen molar-refractivity contribution in [1.29, 1.82) is 0 Å². The van der Waals surface area contributed by atoms with Gasteiger partial charge in [-0.1, -0.05) is 19.8 Å². The lowest BCUT2D eigenvalue weighted by Crippen LogP contribution is -2.53. The zero-order chi connectivity index (χ0) is 13.8. The van der Waals surface area contributed by atoms with Crippen molar-refractivity contribution in [3.8, 4) is 0 Å². The van der Waals surface area contributed by atoms with Gasteiger partial charge in [0.1, 0.15) is 0 Å². The molecular weight excluding hydrogens is 250 g/mol. The van der Waals surface area contributed by atoms with Crippen LogP contribution >= 0.6 is 11.8 Å². The van der Waals surface area contributed by atoms with E-state index in [9.17, 15) is 14.7 Å². The summed E-state index contributed by atoms with van der Waals surface area (Å²) in [5.74, 6) is -0.128. The third kappa shape index (κ3) is 3.40. The molecule has 0 bridgehead atoms. The van der Waals surface area contributed by atoms with E-state index in [0.717, 1.165) is 25.0 Å². The Morgan fingerprint density at radius 2 is 2.17 bits per heavy atom. The van der Waals surface area contributed by atoms with Gasteiger partial charge in [0.15, 0.2) is 0 Å². The summed E-state index contributed by atoms with van der Waals surface area (Å²) in [5.41, 5.74) is -0.813. The number of carbonyl (C=O) groups is 2. The van der Waals surface area contributed by atoms with Crippen molar-refractivity contribution in [2.75, 3.05) is 12.0 Å². The first-order valence-corrected chi connectivity index (χ1v) is 7.84. The predicted molar refractivity (Wildman–Crippen MR) is 73.7 cm³/mol. The summed E-state index contributed by atoms with van der Waals surface area (Å²) in [5, 5.41) is 12.3. The van der Waals surface area contributed by atoms with E-state index in [-0.39, 0.29) is 17.9 Å². The van der Waals surface area contributed by atoms with Gasteiger partial charge in [-0.15, -0.1) is 0 Å². The number of hydrogen-bond acceptors (Lipinski definition) is 3. The molecule has 3 unspecified atom stereocenters. The van der Waals surface area contributed by atoms with E-state index in [1.54, 1.807) is 18.7 Å². The van der Waals surface area contributed by atoms with E-state index in [4.69, 9.17) is 0 Å². The molecular formula is C13H23NO3S. The van der Waals surface area contributed by atoms with Crippen LogP contribution < -0.4 is 5.32 Å². The second kappa shape index (κ2) is 6.45. The quantitative estimate of drug-likeness (QED) is 0.805. The SMILES string of the molecule is CSCC(C)C(=O)NC1CCCCC1(C)C(=O)O. The van der Waals surface area contributed by atoms with Crippen molar-refractivity contribution in [2.45, 2.75) is 45.6 Å². The zero-order valence-corrected chi connectivity index (χ0v) is 12.2. The molecule has 1 saturated carbocycles. The van der Waals surface area contributed by atoms with Crippen molar-refractivity contribution in [2.24, 2.45) is 11.3 Å². The fourth-order valence-electron chi connectivity index (χ4n) is 2.46. The Morgan fingerprint density at radius 1 is 1.50 bits per heavy atom. The van der Waals surface area contributed by atoms with Crippen LogP contribution in [0.4, 0.5) is 0 Å². The van der Waals surface area contributed by atoms with Crippen LogP contribution in [0.2, 0.25) is 0 Å². The normalized spacial score (nSPS) is 29.6. The molecule has 1 aliphatic carbocycles. The average Bonchev–Trinajstić information content (AvgIpc) is 2.32. The van der Waals surface area contributed by atoms with Crippen LogP contribution in [0.15, 0.2) is 0 Å². The van der Waals surface area contributed by atoms with Crippen molar-refractivity contribution in [1.82, 2.24) is 5.32 Å². The first-order valence-electron chi connectivity index (χ1n) is 6.44. The maximum atomic E-state index is 12.0. The second-order valence-corrected chi connectivity index (χ2v) is 6.30. The van der Waals surface area contributed by atoms with Gasteiger partial charge in [0.25, 0.3) is 0 Å². The minimum absolute atomic E-state index is 0.0243. The van der Waals surface area contributed by atoms with E-state index < -0.39 is 11.4 Å². The molecule has 0 spiro atoms. The molecule has 0 saturated heterocycles. The van der Waals surface area contributed by atoms with Gasteiger partial charge in [0.05, 0.1) is 5.41 Å². The number of thioether (sulfide) groups is 1. The largest absolute Gasteiger partial charge is 0.481 e. The van der Waals surface area contributed by atoms with Gasteiger partial charge in [0, 0.05) is 17.7 Å².